The molecule has 16 heavy (non-hydrogen) atoms. The van der Waals surface area contributed by atoms with Crippen molar-refractivity contribution >= 4 is 5.82 Å². The van der Waals surface area contributed by atoms with Gasteiger partial charge in [0, 0.05) is 25.6 Å². The minimum absolute atomic E-state index is 0.318. The molecule has 0 unspecified atom stereocenters. The molecule has 0 aliphatic rings. The van der Waals surface area contributed by atoms with Crippen molar-refractivity contribution in [1.82, 2.24) is 19.9 Å². The number of hydrogen-bond donors (Lipinski definition) is 1. The van der Waals surface area contributed by atoms with Crippen LogP contribution in [-0.4, -0.2) is 27.0 Å². The summed E-state index contributed by atoms with van der Waals surface area (Å²) in [5.41, 5.74) is 6.98. The fourth-order valence-electron chi connectivity index (χ4n) is 1.27. The van der Waals surface area contributed by atoms with Crippen molar-refractivity contribution in [3.63, 3.8) is 0 Å². The zero-order valence-corrected chi connectivity index (χ0v) is 8.79. The normalized spacial score (nSPS) is 10.3. The fraction of sp³-hybridized carbons (Fsp3) is 0.200. The van der Waals surface area contributed by atoms with E-state index in [1.165, 1.54) is 0 Å². The molecule has 2 aromatic heterocycles. The number of aromatic nitrogens is 4. The van der Waals surface area contributed by atoms with Crippen LogP contribution in [0.3, 0.4) is 0 Å². The van der Waals surface area contributed by atoms with Crippen molar-refractivity contribution < 1.29 is 4.74 Å². The van der Waals surface area contributed by atoms with E-state index in [1.54, 1.807) is 31.8 Å². The second kappa shape index (κ2) is 4.63. The van der Waals surface area contributed by atoms with E-state index < -0.39 is 0 Å². The lowest BCUT2D eigenvalue weighted by molar-refractivity contribution is 0.178. The summed E-state index contributed by atoms with van der Waals surface area (Å²) in [6.07, 6.45) is 4.83. The lowest BCUT2D eigenvalue weighted by Crippen LogP contribution is -2.03. The van der Waals surface area contributed by atoms with Crippen molar-refractivity contribution in [3.8, 4) is 11.4 Å². The number of nitrogens with two attached hydrogens (primary N) is 1. The van der Waals surface area contributed by atoms with Crippen molar-refractivity contribution in [2.75, 3.05) is 12.8 Å². The highest BCUT2D eigenvalue weighted by atomic mass is 16.5. The Hall–Kier alpha value is -2.08. The van der Waals surface area contributed by atoms with Gasteiger partial charge in [-0.2, -0.15) is 0 Å². The van der Waals surface area contributed by atoms with E-state index in [0.29, 0.717) is 29.6 Å². The molecular weight excluding hydrogens is 206 g/mol. The molecule has 6 nitrogen and oxygen atoms in total. The molecule has 2 aromatic rings. The highest BCUT2D eigenvalue weighted by Crippen LogP contribution is 2.15. The predicted molar refractivity (Wildman–Crippen MR) is 58.2 cm³/mol. The summed E-state index contributed by atoms with van der Waals surface area (Å²) in [5, 5.41) is 0. The maximum Gasteiger partial charge on any atom is 0.157 e. The average Bonchev–Trinajstić information content (AvgIpc) is 2.30. The molecule has 0 radical (unpaired) electrons. The Labute approximate surface area is 92.6 Å². The molecule has 0 aliphatic heterocycles. The van der Waals surface area contributed by atoms with Crippen LogP contribution in [0.5, 0.6) is 0 Å². The van der Waals surface area contributed by atoms with Crippen LogP contribution in [0.25, 0.3) is 11.4 Å². The molecule has 6 heteroatoms. The highest BCUT2D eigenvalue weighted by Gasteiger charge is 2.05. The number of nitrogen functional groups attached to an aromatic ring is 1. The molecule has 0 saturated carbocycles. The largest absolute Gasteiger partial charge is 0.384 e. The zero-order valence-electron chi connectivity index (χ0n) is 8.79. The third-order valence-electron chi connectivity index (χ3n) is 1.89. The van der Waals surface area contributed by atoms with Crippen molar-refractivity contribution in [2.45, 2.75) is 6.61 Å². The maximum atomic E-state index is 5.67. The van der Waals surface area contributed by atoms with E-state index in [1.807, 2.05) is 0 Å². The quantitative estimate of drug-likeness (QED) is 0.812. The van der Waals surface area contributed by atoms with Crippen LogP contribution < -0.4 is 5.73 Å². The summed E-state index contributed by atoms with van der Waals surface area (Å²) in [4.78, 5) is 16.4. The lowest BCUT2D eigenvalue weighted by Gasteiger charge is -2.04. The first-order chi connectivity index (χ1) is 7.79. The van der Waals surface area contributed by atoms with E-state index in [-0.39, 0.29) is 0 Å². The molecular formula is C10H11N5O. The molecule has 0 atom stereocenters. The number of hydrogen-bond acceptors (Lipinski definition) is 6. The second-order valence-electron chi connectivity index (χ2n) is 3.12. The van der Waals surface area contributed by atoms with E-state index in [2.05, 4.69) is 19.9 Å². The summed E-state index contributed by atoms with van der Waals surface area (Å²) in [7, 11) is 1.58. The molecule has 0 saturated heterocycles. The molecule has 2 rings (SSSR count). The van der Waals surface area contributed by atoms with Crippen LogP contribution in [0.2, 0.25) is 0 Å². The SMILES string of the molecule is COCc1nc(N)cc(-c2cnccn2)n1. The van der Waals surface area contributed by atoms with Crippen LogP contribution >= 0.6 is 0 Å². The van der Waals surface area contributed by atoms with Crippen molar-refractivity contribution in [1.29, 1.82) is 0 Å². The summed E-state index contributed by atoms with van der Waals surface area (Å²) in [5.74, 6) is 0.922. The predicted octanol–water partition coefficient (Wildman–Crippen LogP) is 0.662. The number of ether oxygens (including phenoxy) is 1. The number of anilines is 1. The third-order valence-corrected chi connectivity index (χ3v) is 1.89. The molecule has 0 aromatic carbocycles. The molecule has 0 spiro atoms. The molecule has 2 N–H and O–H groups in total. The Balaban J connectivity index is 2.41. The highest BCUT2D eigenvalue weighted by molar-refractivity contribution is 5.56. The summed E-state index contributed by atoms with van der Waals surface area (Å²) < 4.78 is 4.96. The molecule has 82 valence electrons. The van der Waals surface area contributed by atoms with Crippen LogP contribution in [-0.2, 0) is 11.3 Å². The molecule has 0 fully saturated rings. The minimum atomic E-state index is 0.318. The summed E-state index contributed by atoms with van der Waals surface area (Å²) in [6.45, 7) is 0.318. The Morgan fingerprint density at radius 2 is 2.12 bits per heavy atom. The van der Waals surface area contributed by atoms with E-state index in [0.717, 1.165) is 0 Å². The minimum Gasteiger partial charge on any atom is -0.384 e. The average molecular weight is 217 g/mol. The third kappa shape index (κ3) is 2.29. The number of rotatable bonds is 3. The summed E-state index contributed by atoms with van der Waals surface area (Å²) in [6, 6.07) is 1.66. The van der Waals surface area contributed by atoms with Gasteiger partial charge in [0.2, 0.25) is 0 Å². The summed E-state index contributed by atoms with van der Waals surface area (Å²) >= 11 is 0. The Bertz CT molecular complexity index is 474. The van der Waals surface area contributed by atoms with E-state index in [9.17, 15) is 0 Å². The van der Waals surface area contributed by atoms with Gasteiger partial charge in [0.1, 0.15) is 18.1 Å². The van der Waals surface area contributed by atoms with Gasteiger partial charge in [0.05, 0.1) is 11.9 Å². The Morgan fingerprint density at radius 3 is 2.81 bits per heavy atom. The molecule has 0 aliphatic carbocycles. The zero-order chi connectivity index (χ0) is 11.4. The van der Waals surface area contributed by atoms with Gasteiger partial charge in [-0.3, -0.25) is 9.97 Å². The van der Waals surface area contributed by atoms with Gasteiger partial charge in [-0.05, 0) is 0 Å². The standard InChI is InChI=1S/C10H11N5O/c1-16-6-10-14-7(4-9(11)15-10)8-5-12-2-3-13-8/h2-5H,6H2,1H3,(H2,11,14,15). The van der Waals surface area contributed by atoms with Crippen LogP contribution in [0.1, 0.15) is 5.82 Å². The Kier molecular flexibility index (Phi) is 3.02. The van der Waals surface area contributed by atoms with Gasteiger partial charge in [-0.1, -0.05) is 0 Å². The Morgan fingerprint density at radius 1 is 1.25 bits per heavy atom. The number of methoxy groups -OCH3 is 1. The van der Waals surface area contributed by atoms with E-state index in [4.69, 9.17) is 10.5 Å². The van der Waals surface area contributed by atoms with Crippen molar-refractivity contribution in [2.24, 2.45) is 0 Å². The lowest BCUT2D eigenvalue weighted by atomic mass is 10.3. The van der Waals surface area contributed by atoms with Crippen LogP contribution in [0, 0.1) is 0 Å². The van der Waals surface area contributed by atoms with Gasteiger partial charge in [-0.15, -0.1) is 0 Å². The maximum absolute atomic E-state index is 5.67. The first kappa shape index (κ1) is 10.4. The van der Waals surface area contributed by atoms with Gasteiger partial charge < -0.3 is 10.5 Å². The monoisotopic (exact) mass is 217 g/mol. The smallest absolute Gasteiger partial charge is 0.157 e. The molecule has 0 bridgehead atoms. The van der Waals surface area contributed by atoms with Gasteiger partial charge in [0.25, 0.3) is 0 Å². The van der Waals surface area contributed by atoms with Crippen LogP contribution in [0.4, 0.5) is 5.82 Å². The first-order valence-electron chi connectivity index (χ1n) is 4.68. The second-order valence-corrected chi connectivity index (χ2v) is 3.12. The van der Waals surface area contributed by atoms with E-state index >= 15 is 0 Å². The number of nitrogens with zero attached hydrogens (tertiary/aromatic N) is 4. The molecule has 0 amide bonds. The van der Waals surface area contributed by atoms with Crippen molar-refractivity contribution in [3.05, 3.63) is 30.5 Å². The topological polar surface area (TPSA) is 86.8 Å². The fourth-order valence-corrected chi connectivity index (χ4v) is 1.27. The van der Waals surface area contributed by atoms with Crippen LogP contribution in [0.15, 0.2) is 24.7 Å². The van der Waals surface area contributed by atoms with Gasteiger partial charge in [0.15, 0.2) is 5.82 Å². The molecule has 2 heterocycles. The van der Waals surface area contributed by atoms with Gasteiger partial charge in [-0.25, -0.2) is 9.97 Å². The first-order valence-corrected chi connectivity index (χ1v) is 4.68. The van der Waals surface area contributed by atoms with Gasteiger partial charge >= 0.3 is 0 Å².